The lowest BCUT2D eigenvalue weighted by Gasteiger charge is -2.43. The normalized spacial score (nSPS) is 23.0. The summed E-state index contributed by atoms with van der Waals surface area (Å²) in [6.07, 6.45) is 7.88. The van der Waals surface area contributed by atoms with E-state index in [1.165, 1.54) is 0 Å². The molecule has 3 aliphatic carbocycles. The van der Waals surface area contributed by atoms with Gasteiger partial charge in [-0.2, -0.15) is 20.9 Å². The van der Waals surface area contributed by atoms with Crippen molar-refractivity contribution in [3.05, 3.63) is 11.8 Å². The van der Waals surface area contributed by atoms with E-state index in [0.29, 0.717) is 31.9 Å². The van der Waals surface area contributed by atoms with Gasteiger partial charge >= 0.3 is 21.2 Å². The smallest absolute Gasteiger partial charge is 0.330 e. The summed E-state index contributed by atoms with van der Waals surface area (Å²) in [5.74, 6) is -2.44. The zero-order valence-electron chi connectivity index (χ0n) is 20.6. The molecule has 0 atom stereocenters. The fraction of sp³-hybridized carbons (Fsp3) is 0.826. The Bertz CT molecular complexity index is 1060. The van der Waals surface area contributed by atoms with Crippen LogP contribution in [0.1, 0.15) is 90.9 Å². The molecule has 0 N–H and O–H groups in total. The van der Waals surface area contributed by atoms with Gasteiger partial charge in [0.1, 0.15) is 0 Å². The second-order valence-electron chi connectivity index (χ2n) is 10.9. The van der Waals surface area contributed by atoms with E-state index in [2.05, 4.69) is 0 Å². The highest BCUT2D eigenvalue weighted by Gasteiger charge is 2.61. The van der Waals surface area contributed by atoms with Crippen LogP contribution in [0, 0.1) is 5.41 Å². The van der Waals surface area contributed by atoms with Crippen LogP contribution in [0.3, 0.4) is 0 Å². The van der Waals surface area contributed by atoms with Gasteiger partial charge in [-0.3, -0.25) is 9.59 Å². The van der Waals surface area contributed by atoms with Crippen LogP contribution in [0.2, 0.25) is 0 Å². The first-order chi connectivity index (χ1) is 16.1. The van der Waals surface area contributed by atoms with E-state index in [9.17, 15) is 26.4 Å². The third-order valence-corrected chi connectivity index (χ3v) is 10.9. The fourth-order valence-electron chi connectivity index (χ4n) is 5.69. The van der Waals surface area contributed by atoms with Crippen molar-refractivity contribution in [2.75, 3.05) is 6.26 Å². The van der Waals surface area contributed by atoms with Crippen molar-refractivity contribution >= 4 is 31.7 Å². The van der Waals surface area contributed by atoms with Crippen LogP contribution < -0.4 is 0 Å². The molecule has 0 saturated heterocycles. The summed E-state index contributed by atoms with van der Waals surface area (Å²) in [4.78, 5) is 26.7. The Hall–Kier alpha value is -1.56. The molecule has 0 unspecified atom stereocenters. The Morgan fingerprint density at radius 1 is 0.914 bits per heavy atom. The number of nitrogens with zero attached hydrogens (tertiary/aromatic N) is 2. The molecule has 200 valence electrons. The molecule has 0 bridgehead atoms. The van der Waals surface area contributed by atoms with Crippen LogP contribution in [-0.2, 0) is 29.6 Å². The van der Waals surface area contributed by atoms with E-state index in [1.807, 2.05) is 0 Å². The Morgan fingerprint density at radius 2 is 1.37 bits per heavy atom. The van der Waals surface area contributed by atoms with Gasteiger partial charge in [0.2, 0.25) is 10.0 Å². The van der Waals surface area contributed by atoms with Gasteiger partial charge in [0, 0.05) is 24.6 Å². The van der Waals surface area contributed by atoms with E-state index >= 15 is 8.78 Å². The molecule has 12 heteroatoms. The number of carbonyl (C=O) groups is 2. The minimum absolute atomic E-state index is 0.0145. The minimum atomic E-state index is -6.05. The number of halogens is 2. The molecular formula is C23H36F2N2O6S2. The van der Waals surface area contributed by atoms with Gasteiger partial charge in [0.05, 0.1) is 12.0 Å². The van der Waals surface area contributed by atoms with Crippen LogP contribution in [0.25, 0.3) is 0 Å². The van der Waals surface area contributed by atoms with Crippen LogP contribution in [0.15, 0.2) is 11.8 Å². The van der Waals surface area contributed by atoms with Gasteiger partial charge in [-0.1, -0.05) is 52.4 Å². The van der Waals surface area contributed by atoms with Gasteiger partial charge in [0.25, 0.3) is 0 Å². The molecule has 8 nitrogen and oxygen atoms in total. The number of hydrogen-bond acceptors (Lipinski definition) is 6. The molecule has 0 aromatic rings. The summed E-state index contributed by atoms with van der Waals surface area (Å²) in [5, 5.41) is -5.02. The second kappa shape index (κ2) is 10.1. The maximum atomic E-state index is 15.8. The zero-order chi connectivity index (χ0) is 26.2. The van der Waals surface area contributed by atoms with Crippen molar-refractivity contribution < 1.29 is 35.2 Å². The molecule has 0 spiro atoms. The Balaban J connectivity index is 2.05. The standard InChI is InChI=1S/C23H36F2N2O6S2/c1-22(2)15-19(14-20(28)16-22)27(34(3,30)31)35(32,33)23(24,25)21(29)26(17-10-6-4-7-11-17)18-12-8-5-9-13-18/h14,17-18H,4-13,15-16H2,1-3H3. The topological polar surface area (TPSA) is 109 Å². The number of sulfonamides is 2. The molecule has 0 aromatic carbocycles. The third-order valence-electron chi connectivity index (χ3n) is 7.14. The van der Waals surface area contributed by atoms with E-state index in [0.717, 1.165) is 49.5 Å². The van der Waals surface area contributed by atoms with E-state index < -0.39 is 60.2 Å². The molecule has 0 aromatic heterocycles. The molecule has 0 radical (unpaired) electrons. The molecule has 2 saturated carbocycles. The monoisotopic (exact) mass is 538 g/mol. The summed E-state index contributed by atoms with van der Waals surface area (Å²) >= 11 is 0. The summed E-state index contributed by atoms with van der Waals surface area (Å²) < 4.78 is 83.0. The molecule has 35 heavy (non-hydrogen) atoms. The Kier molecular flexibility index (Phi) is 8.06. The summed E-state index contributed by atoms with van der Waals surface area (Å²) in [7, 11) is -10.9. The predicted octanol–water partition coefficient (Wildman–Crippen LogP) is 3.94. The van der Waals surface area contributed by atoms with Crippen molar-refractivity contribution in [3.8, 4) is 0 Å². The van der Waals surface area contributed by atoms with Gasteiger partial charge in [-0.15, -0.1) is 0 Å². The lowest BCUT2D eigenvalue weighted by atomic mass is 9.79. The number of allylic oxidation sites excluding steroid dienone is 2. The minimum Gasteiger partial charge on any atom is -0.330 e. The van der Waals surface area contributed by atoms with Crippen LogP contribution in [-0.4, -0.2) is 60.7 Å². The van der Waals surface area contributed by atoms with Crippen molar-refractivity contribution in [2.24, 2.45) is 5.41 Å². The summed E-state index contributed by atoms with van der Waals surface area (Å²) in [6, 6.07) is -1.02. The lowest BCUT2D eigenvalue weighted by molar-refractivity contribution is -0.154. The number of amides is 1. The first-order valence-electron chi connectivity index (χ1n) is 12.3. The number of ketones is 1. The third kappa shape index (κ3) is 5.89. The second-order valence-corrected chi connectivity index (χ2v) is 14.8. The summed E-state index contributed by atoms with van der Waals surface area (Å²) in [6.45, 7) is 3.23. The zero-order valence-corrected chi connectivity index (χ0v) is 22.3. The number of hydrogen-bond donors (Lipinski definition) is 0. The molecule has 1 amide bonds. The van der Waals surface area contributed by atoms with Crippen molar-refractivity contribution in [3.63, 3.8) is 0 Å². The van der Waals surface area contributed by atoms with Crippen molar-refractivity contribution in [2.45, 2.75) is 108 Å². The maximum absolute atomic E-state index is 15.8. The lowest BCUT2D eigenvalue weighted by Crippen LogP contribution is -2.59. The van der Waals surface area contributed by atoms with Crippen molar-refractivity contribution in [1.82, 2.24) is 8.61 Å². The first-order valence-corrected chi connectivity index (χ1v) is 15.6. The summed E-state index contributed by atoms with van der Waals surface area (Å²) in [5.41, 5.74) is -1.40. The molecule has 3 rings (SSSR count). The van der Waals surface area contributed by atoms with E-state index in [-0.39, 0.29) is 16.6 Å². The van der Waals surface area contributed by atoms with Gasteiger partial charge < -0.3 is 4.90 Å². The Labute approximate surface area is 207 Å². The predicted molar refractivity (Wildman–Crippen MR) is 127 cm³/mol. The molecule has 0 heterocycles. The van der Waals surface area contributed by atoms with E-state index in [1.54, 1.807) is 13.8 Å². The highest BCUT2D eigenvalue weighted by Crippen LogP contribution is 2.41. The average Bonchev–Trinajstić information content (AvgIpc) is 2.72. The van der Waals surface area contributed by atoms with Gasteiger partial charge in [-0.25, -0.2) is 8.42 Å². The molecule has 2 fully saturated rings. The maximum Gasteiger partial charge on any atom is 0.441 e. The quantitative estimate of drug-likeness (QED) is 0.486. The average molecular weight is 539 g/mol. The van der Waals surface area contributed by atoms with Crippen LogP contribution >= 0.6 is 0 Å². The highest BCUT2D eigenvalue weighted by molar-refractivity contribution is 8.04. The van der Waals surface area contributed by atoms with Gasteiger partial charge in [-0.05, 0) is 37.5 Å². The first kappa shape index (κ1) is 28.0. The van der Waals surface area contributed by atoms with E-state index in [4.69, 9.17) is 0 Å². The van der Waals surface area contributed by atoms with Gasteiger partial charge in [0.15, 0.2) is 5.78 Å². The number of carbonyl (C=O) groups excluding carboxylic acids is 2. The van der Waals surface area contributed by atoms with Crippen molar-refractivity contribution in [1.29, 1.82) is 0 Å². The largest absolute Gasteiger partial charge is 0.441 e. The number of rotatable bonds is 7. The number of alkyl halides is 2. The Morgan fingerprint density at radius 3 is 1.77 bits per heavy atom. The molecule has 3 aliphatic rings. The SMILES string of the molecule is CC1(C)CC(=O)C=C(N(S(C)(=O)=O)S(=O)(=O)C(F)(F)C(=O)N(C2CCCCC2)C2CCCCC2)C1. The van der Waals surface area contributed by atoms with Crippen LogP contribution in [0.5, 0.6) is 0 Å². The fourth-order valence-corrected chi connectivity index (χ4v) is 8.90. The molecule has 0 aliphatic heterocycles. The molecular weight excluding hydrogens is 502 g/mol. The highest BCUT2D eigenvalue weighted by atomic mass is 32.3. The van der Waals surface area contributed by atoms with Crippen LogP contribution in [0.4, 0.5) is 8.78 Å².